The molecule has 6 nitrogen and oxygen atoms in total. The minimum absolute atomic E-state index is 0.197. The van der Waals surface area contributed by atoms with Crippen molar-refractivity contribution in [3.05, 3.63) is 47.7 Å². The van der Waals surface area contributed by atoms with Gasteiger partial charge in [-0.2, -0.15) is 5.10 Å². The highest BCUT2D eigenvalue weighted by Crippen LogP contribution is 2.18. The van der Waals surface area contributed by atoms with Gasteiger partial charge in [-0.3, -0.25) is 4.72 Å². The lowest BCUT2D eigenvalue weighted by Gasteiger charge is -2.10. The molecule has 0 saturated carbocycles. The van der Waals surface area contributed by atoms with Crippen molar-refractivity contribution < 1.29 is 8.42 Å². The average molecular weight is 292 g/mol. The quantitative estimate of drug-likeness (QED) is 0.868. The molecule has 0 aliphatic rings. The zero-order valence-corrected chi connectivity index (χ0v) is 12.1. The Kier molecular flexibility index (Phi) is 4.31. The highest BCUT2D eigenvalue weighted by atomic mass is 32.2. The number of hydrogen-bond donors (Lipinski definition) is 2. The summed E-state index contributed by atoms with van der Waals surface area (Å²) in [6.07, 6.45) is 1.48. The monoisotopic (exact) mass is 292 g/mol. The second-order valence-electron chi connectivity index (χ2n) is 4.33. The van der Waals surface area contributed by atoms with Crippen molar-refractivity contribution in [1.29, 1.82) is 0 Å². The molecule has 2 rings (SSSR count). The maximum Gasteiger partial charge on any atom is 0.263 e. The van der Waals surface area contributed by atoms with Crippen molar-refractivity contribution in [1.82, 2.24) is 15.5 Å². The molecule has 2 aromatic rings. The summed E-state index contributed by atoms with van der Waals surface area (Å²) < 4.78 is 26.9. The first kappa shape index (κ1) is 14.4. The lowest BCUT2D eigenvalue weighted by molar-refractivity contribution is 0.600. The van der Waals surface area contributed by atoms with Crippen LogP contribution in [0.4, 0.5) is 5.82 Å². The molecule has 2 N–H and O–H groups in total. The van der Waals surface area contributed by atoms with Crippen LogP contribution in [0.15, 0.2) is 41.4 Å². The number of anilines is 1. The van der Waals surface area contributed by atoms with Gasteiger partial charge in [0.25, 0.3) is 10.0 Å². The van der Waals surface area contributed by atoms with Crippen molar-refractivity contribution in [3.8, 4) is 0 Å². The second-order valence-corrected chi connectivity index (χ2v) is 6.02. The molecule has 0 atom stereocenters. The van der Waals surface area contributed by atoms with Crippen LogP contribution in [-0.2, 0) is 16.6 Å². The van der Waals surface area contributed by atoms with E-state index in [9.17, 15) is 8.42 Å². The van der Waals surface area contributed by atoms with Gasteiger partial charge < -0.3 is 5.32 Å². The first-order valence-electron chi connectivity index (χ1n) is 6.07. The first-order valence-corrected chi connectivity index (χ1v) is 7.56. The molecule has 0 amide bonds. The lowest BCUT2D eigenvalue weighted by atomic mass is 10.1. The molecule has 0 bridgehead atoms. The van der Waals surface area contributed by atoms with E-state index >= 15 is 0 Å². The van der Waals surface area contributed by atoms with E-state index < -0.39 is 10.0 Å². The van der Waals surface area contributed by atoms with E-state index in [0.29, 0.717) is 6.54 Å². The summed E-state index contributed by atoms with van der Waals surface area (Å²) in [5.74, 6) is 0.197. The summed E-state index contributed by atoms with van der Waals surface area (Å²) in [6.45, 7) is 2.56. The Morgan fingerprint density at radius 1 is 1.25 bits per heavy atom. The van der Waals surface area contributed by atoms with Crippen molar-refractivity contribution >= 4 is 15.8 Å². The highest BCUT2D eigenvalue weighted by molar-refractivity contribution is 7.92. The molecule has 0 radical (unpaired) electrons. The summed E-state index contributed by atoms with van der Waals surface area (Å²) in [7, 11) is -1.83. The van der Waals surface area contributed by atoms with Crippen LogP contribution >= 0.6 is 0 Å². The number of nitrogens with zero attached hydrogens (tertiary/aromatic N) is 2. The maximum absolute atomic E-state index is 12.3. The van der Waals surface area contributed by atoms with E-state index in [1.54, 1.807) is 30.3 Å². The van der Waals surface area contributed by atoms with E-state index in [-0.39, 0.29) is 10.7 Å². The third kappa shape index (κ3) is 3.31. The van der Waals surface area contributed by atoms with Gasteiger partial charge in [-0.25, -0.2) is 8.42 Å². The smallest absolute Gasteiger partial charge is 0.263 e. The summed E-state index contributed by atoms with van der Waals surface area (Å²) in [5, 5.41) is 10.4. The molecule has 106 valence electrons. The van der Waals surface area contributed by atoms with E-state index in [0.717, 1.165) is 11.1 Å². The molecule has 0 saturated heterocycles. The fourth-order valence-corrected chi connectivity index (χ4v) is 2.80. The Balaban J connectivity index is 2.32. The van der Waals surface area contributed by atoms with Gasteiger partial charge in [0.2, 0.25) is 0 Å². The summed E-state index contributed by atoms with van der Waals surface area (Å²) in [6, 6.07) is 8.19. The summed E-state index contributed by atoms with van der Waals surface area (Å²) >= 11 is 0. The molecule has 0 spiro atoms. The number of sulfonamides is 1. The van der Waals surface area contributed by atoms with E-state index in [4.69, 9.17) is 0 Å². The number of rotatable bonds is 5. The van der Waals surface area contributed by atoms with Gasteiger partial charge >= 0.3 is 0 Å². The van der Waals surface area contributed by atoms with Gasteiger partial charge in [0, 0.05) is 12.7 Å². The van der Waals surface area contributed by atoms with Crippen LogP contribution in [0.3, 0.4) is 0 Å². The molecule has 1 aromatic heterocycles. The minimum atomic E-state index is -3.65. The average Bonchev–Trinajstić information content (AvgIpc) is 2.42. The van der Waals surface area contributed by atoms with Crippen molar-refractivity contribution in [2.75, 3.05) is 11.8 Å². The molecule has 1 heterocycles. The predicted octanol–water partition coefficient (Wildman–Crippen LogP) is 1.31. The van der Waals surface area contributed by atoms with Gasteiger partial charge in [0.15, 0.2) is 5.82 Å². The summed E-state index contributed by atoms with van der Waals surface area (Å²) in [5.41, 5.74) is 1.98. The largest absolute Gasteiger partial charge is 0.316 e. The molecule has 0 aliphatic heterocycles. The molecule has 20 heavy (non-hydrogen) atoms. The van der Waals surface area contributed by atoms with Crippen molar-refractivity contribution in [2.24, 2.45) is 0 Å². The van der Waals surface area contributed by atoms with E-state index in [2.05, 4.69) is 20.2 Å². The Morgan fingerprint density at radius 2 is 2.05 bits per heavy atom. The zero-order chi connectivity index (χ0) is 14.6. The second kappa shape index (κ2) is 5.98. The van der Waals surface area contributed by atoms with Crippen LogP contribution in [0.2, 0.25) is 0 Å². The summed E-state index contributed by atoms with van der Waals surface area (Å²) in [4.78, 5) is 0.207. The third-order valence-corrected chi connectivity index (χ3v) is 4.16. The van der Waals surface area contributed by atoms with Gasteiger partial charge in [0.05, 0.1) is 4.90 Å². The van der Waals surface area contributed by atoms with E-state index in [1.807, 2.05) is 14.0 Å². The van der Waals surface area contributed by atoms with Crippen molar-refractivity contribution in [2.45, 2.75) is 18.4 Å². The van der Waals surface area contributed by atoms with Gasteiger partial charge in [-0.05, 0) is 49.4 Å². The molecule has 0 aliphatic carbocycles. The standard InChI is InChI=1S/C13H16N4O2S/c1-10-5-6-12(8-11(10)9-14-2)20(18,19)17-13-4-3-7-15-16-13/h3-8,14H,9H2,1-2H3,(H,16,17). The fourth-order valence-electron chi connectivity index (χ4n) is 1.75. The van der Waals surface area contributed by atoms with Crippen molar-refractivity contribution in [3.63, 3.8) is 0 Å². The SMILES string of the molecule is CNCc1cc(S(=O)(=O)Nc2cccnn2)ccc1C. The van der Waals surface area contributed by atoms with Gasteiger partial charge in [-0.15, -0.1) is 5.10 Å². The number of aryl methyl sites for hydroxylation is 1. The number of nitrogens with one attached hydrogen (secondary N) is 2. The molecule has 1 aromatic carbocycles. The zero-order valence-electron chi connectivity index (χ0n) is 11.3. The lowest BCUT2D eigenvalue weighted by Crippen LogP contribution is -2.15. The molecule has 0 fully saturated rings. The minimum Gasteiger partial charge on any atom is -0.316 e. The van der Waals surface area contributed by atoms with Crippen LogP contribution in [0.1, 0.15) is 11.1 Å². The van der Waals surface area contributed by atoms with Crippen LogP contribution < -0.4 is 10.0 Å². The van der Waals surface area contributed by atoms with Crippen LogP contribution in [0.25, 0.3) is 0 Å². The van der Waals surface area contributed by atoms with Crippen LogP contribution in [-0.4, -0.2) is 25.7 Å². The number of hydrogen-bond acceptors (Lipinski definition) is 5. The Bertz CT molecular complexity index is 687. The normalized spacial score (nSPS) is 11.3. The Hall–Kier alpha value is -1.99. The Labute approximate surface area is 118 Å². The highest BCUT2D eigenvalue weighted by Gasteiger charge is 2.16. The predicted molar refractivity (Wildman–Crippen MR) is 76.8 cm³/mol. The van der Waals surface area contributed by atoms with E-state index in [1.165, 1.54) is 6.20 Å². The van der Waals surface area contributed by atoms with Gasteiger partial charge in [-0.1, -0.05) is 6.07 Å². The number of benzene rings is 1. The molecule has 0 unspecified atom stereocenters. The van der Waals surface area contributed by atoms with Gasteiger partial charge in [0.1, 0.15) is 0 Å². The molecular formula is C13H16N4O2S. The number of aromatic nitrogens is 2. The molecule has 7 heteroatoms. The Morgan fingerprint density at radius 3 is 2.70 bits per heavy atom. The fraction of sp³-hybridized carbons (Fsp3) is 0.231. The maximum atomic E-state index is 12.3. The molecular weight excluding hydrogens is 276 g/mol. The topological polar surface area (TPSA) is 84.0 Å². The third-order valence-electron chi connectivity index (χ3n) is 2.81. The van der Waals surface area contributed by atoms with Crippen LogP contribution in [0, 0.1) is 6.92 Å². The van der Waals surface area contributed by atoms with Crippen LogP contribution in [0.5, 0.6) is 0 Å². The first-order chi connectivity index (χ1) is 9.53.